The van der Waals surface area contributed by atoms with Gasteiger partial charge in [0, 0.05) is 6.54 Å². The molecule has 106 valence electrons. The van der Waals surface area contributed by atoms with E-state index in [9.17, 15) is 0 Å². The molecule has 20 heavy (non-hydrogen) atoms. The van der Waals surface area contributed by atoms with Gasteiger partial charge in [-0.15, -0.1) is 0 Å². The lowest BCUT2D eigenvalue weighted by atomic mass is 10.1. The highest BCUT2D eigenvalue weighted by Gasteiger charge is 2.09. The first-order valence-electron chi connectivity index (χ1n) is 6.41. The molecule has 2 aromatic carbocycles. The average molecular weight is 399 g/mol. The summed E-state index contributed by atoms with van der Waals surface area (Å²) < 4.78 is 7.88. The molecular formula is C16H17Br2NO. The summed E-state index contributed by atoms with van der Waals surface area (Å²) in [7, 11) is 1.93. The van der Waals surface area contributed by atoms with Crippen molar-refractivity contribution in [2.24, 2.45) is 0 Å². The van der Waals surface area contributed by atoms with Crippen LogP contribution in [-0.4, -0.2) is 7.05 Å². The summed E-state index contributed by atoms with van der Waals surface area (Å²) in [5, 5.41) is 3.14. The second kappa shape index (κ2) is 7.25. The lowest BCUT2D eigenvalue weighted by molar-refractivity contribution is 0.301. The SMILES string of the molecule is CNCc1cc(Br)c(OCc2ccccc2C)c(Br)c1. The van der Waals surface area contributed by atoms with Gasteiger partial charge in [0.1, 0.15) is 12.4 Å². The molecule has 2 aromatic rings. The van der Waals surface area contributed by atoms with Gasteiger partial charge in [-0.25, -0.2) is 0 Å². The Balaban J connectivity index is 2.16. The number of ether oxygens (including phenoxy) is 1. The number of benzene rings is 2. The van der Waals surface area contributed by atoms with Crippen molar-refractivity contribution in [2.45, 2.75) is 20.1 Å². The minimum atomic E-state index is 0.565. The molecule has 0 heterocycles. The predicted octanol–water partition coefficient (Wildman–Crippen LogP) is 4.82. The molecule has 2 rings (SSSR count). The quantitative estimate of drug-likeness (QED) is 0.779. The minimum Gasteiger partial charge on any atom is -0.487 e. The third-order valence-electron chi connectivity index (χ3n) is 3.07. The van der Waals surface area contributed by atoms with Gasteiger partial charge in [0.2, 0.25) is 0 Å². The van der Waals surface area contributed by atoms with Gasteiger partial charge in [-0.2, -0.15) is 0 Å². The van der Waals surface area contributed by atoms with E-state index in [1.807, 2.05) is 19.2 Å². The first-order valence-corrected chi connectivity index (χ1v) is 8.00. The van der Waals surface area contributed by atoms with Crippen molar-refractivity contribution in [2.75, 3.05) is 7.05 Å². The summed E-state index contributed by atoms with van der Waals surface area (Å²) in [6.07, 6.45) is 0. The highest BCUT2D eigenvalue weighted by atomic mass is 79.9. The molecule has 1 N–H and O–H groups in total. The molecule has 0 unspecified atom stereocenters. The molecule has 0 aliphatic heterocycles. The second-order valence-corrected chi connectivity index (χ2v) is 6.34. The monoisotopic (exact) mass is 397 g/mol. The molecule has 2 nitrogen and oxygen atoms in total. The third kappa shape index (κ3) is 3.84. The first-order chi connectivity index (χ1) is 9.61. The van der Waals surface area contributed by atoms with Gasteiger partial charge >= 0.3 is 0 Å². The summed E-state index contributed by atoms with van der Waals surface area (Å²) >= 11 is 7.15. The Hall–Kier alpha value is -0.840. The summed E-state index contributed by atoms with van der Waals surface area (Å²) in [6.45, 7) is 3.49. The fourth-order valence-corrected chi connectivity index (χ4v) is 3.49. The van der Waals surface area contributed by atoms with Crippen LogP contribution in [0.3, 0.4) is 0 Å². The highest BCUT2D eigenvalue weighted by molar-refractivity contribution is 9.11. The zero-order chi connectivity index (χ0) is 14.5. The Morgan fingerprint density at radius 1 is 1.10 bits per heavy atom. The summed E-state index contributed by atoms with van der Waals surface area (Å²) in [5.41, 5.74) is 3.65. The van der Waals surface area contributed by atoms with Gasteiger partial charge in [0.25, 0.3) is 0 Å². The lowest BCUT2D eigenvalue weighted by Crippen LogP contribution is -2.05. The van der Waals surface area contributed by atoms with Crippen LogP contribution in [-0.2, 0) is 13.2 Å². The maximum absolute atomic E-state index is 5.95. The molecule has 0 bridgehead atoms. The van der Waals surface area contributed by atoms with Crippen LogP contribution in [0.25, 0.3) is 0 Å². The van der Waals surface area contributed by atoms with Gasteiger partial charge in [0.15, 0.2) is 0 Å². The predicted molar refractivity (Wildman–Crippen MR) is 90.1 cm³/mol. The van der Waals surface area contributed by atoms with Crippen LogP contribution < -0.4 is 10.1 Å². The van der Waals surface area contributed by atoms with Crippen molar-refractivity contribution in [1.82, 2.24) is 5.32 Å². The fourth-order valence-electron chi connectivity index (χ4n) is 1.98. The van der Waals surface area contributed by atoms with Crippen molar-refractivity contribution in [1.29, 1.82) is 0 Å². The number of hydrogen-bond acceptors (Lipinski definition) is 2. The van der Waals surface area contributed by atoms with Gasteiger partial charge in [0.05, 0.1) is 8.95 Å². The molecule has 0 spiro atoms. The fraction of sp³-hybridized carbons (Fsp3) is 0.250. The lowest BCUT2D eigenvalue weighted by Gasteiger charge is -2.13. The molecule has 0 saturated carbocycles. The maximum atomic E-state index is 5.95. The van der Waals surface area contributed by atoms with Gasteiger partial charge in [-0.3, -0.25) is 0 Å². The van der Waals surface area contributed by atoms with Crippen molar-refractivity contribution in [3.8, 4) is 5.75 Å². The Bertz CT molecular complexity index is 576. The normalized spacial score (nSPS) is 10.6. The van der Waals surface area contributed by atoms with Crippen LogP contribution in [0, 0.1) is 6.92 Å². The molecular weight excluding hydrogens is 382 g/mol. The molecule has 0 saturated heterocycles. The van der Waals surface area contributed by atoms with E-state index in [1.165, 1.54) is 16.7 Å². The minimum absolute atomic E-state index is 0.565. The second-order valence-electron chi connectivity index (χ2n) is 4.63. The summed E-state index contributed by atoms with van der Waals surface area (Å²) in [6, 6.07) is 12.4. The molecule has 0 aliphatic rings. The van der Waals surface area contributed by atoms with Crippen LogP contribution in [0.15, 0.2) is 45.3 Å². The Labute approximate surface area is 136 Å². The summed E-state index contributed by atoms with van der Waals surface area (Å²) in [5.74, 6) is 0.841. The Kier molecular flexibility index (Phi) is 5.64. The topological polar surface area (TPSA) is 21.3 Å². The molecule has 0 amide bonds. The molecule has 0 fully saturated rings. The van der Waals surface area contributed by atoms with Crippen molar-refractivity contribution in [3.05, 3.63) is 62.0 Å². The van der Waals surface area contributed by atoms with E-state index in [4.69, 9.17) is 4.74 Å². The van der Waals surface area contributed by atoms with Crippen LogP contribution in [0.2, 0.25) is 0 Å². The van der Waals surface area contributed by atoms with E-state index in [0.29, 0.717) is 6.61 Å². The third-order valence-corrected chi connectivity index (χ3v) is 4.25. The van der Waals surface area contributed by atoms with Crippen molar-refractivity contribution in [3.63, 3.8) is 0 Å². The number of rotatable bonds is 5. The standard InChI is InChI=1S/C16H17Br2NO/c1-11-5-3-4-6-13(11)10-20-16-14(17)7-12(9-19-2)8-15(16)18/h3-8,19H,9-10H2,1-2H3. The molecule has 4 heteroatoms. The van der Waals surface area contributed by atoms with Crippen LogP contribution in [0.5, 0.6) is 5.75 Å². The molecule has 0 aliphatic carbocycles. The van der Waals surface area contributed by atoms with Crippen LogP contribution in [0.1, 0.15) is 16.7 Å². The molecule has 0 aromatic heterocycles. The van der Waals surface area contributed by atoms with E-state index in [1.54, 1.807) is 0 Å². The van der Waals surface area contributed by atoms with Crippen LogP contribution >= 0.6 is 31.9 Å². The average Bonchev–Trinajstić information content (AvgIpc) is 2.40. The largest absolute Gasteiger partial charge is 0.487 e. The Morgan fingerprint density at radius 2 is 1.75 bits per heavy atom. The zero-order valence-corrected chi connectivity index (χ0v) is 14.7. The maximum Gasteiger partial charge on any atom is 0.148 e. The molecule has 0 radical (unpaired) electrons. The number of aryl methyl sites for hydroxylation is 1. The van der Waals surface area contributed by atoms with Crippen molar-refractivity contribution < 1.29 is 4.74 Å². The number of halogens is 2. The van der Waals surface area contributed by atoms with E-state index < -0.39 is 0 Å². The zero-order valence-electron chi connectivity index (χ0n) is 11.5. The summed E-state index contributed by atoms with van der Waals surface area (Å²) in [4.78, 5) is 0. The van der Waals surface area contributed by atoms with E-state index in [2.05, 4.69) is 68.4 Å². The van der Waals surface area contributed by atoms with E-state index in [0.717, 1.165) is 21.2 Å². The highest BCUT2D eigenvalue weighted by Crippen LogP contribution is 2.35. The first kappa shape index (κ1) is 15.5. The van der Waals surface area contributed by atoms with Gasteiger partial charge in [-0.05, 0) is 74.7 Å². The smallest absolute Gasteiger partial charge is 0.148 e. The van der Waals surface area contributed by atoms with Gasteiger partial charge < -0.3 is 10.1 Å². The molecule has 0 atom stereocenters. The van der Waals surface area contributed by atoms with E-state index >= 15 is 0 Å². The van der Waals surface area contributed by atoms with E-state index in [-0.39, 0.29) is 0 Å². The van der Waals surface area contributed by atoms with Crippen LogP contribution in [0.4, 0.5) is 0 Å². The Morgan fingerprint density at radius 3 is 2.35 bits per heavy atom. The van der Waals surface area contributed by atoms with Crippen molar-refractivity contribution >= 4 is 31.9 Å². The van der Waals surface area contributed by atoms with Gasteiger partial charge in [-0.1, -0.05) is 24.3 Å². The number of hydrogen-bond donors (Lipinski definition) is 1. The number of nitrogens with one attached hydrogen (secondary N) is 1.